The predicted octanol–water partition coefficient (Wildman–Crippen LogP) is 19.0. The fraction of sp³-hybridized carbons (Fsp3) is 0.0260. The second kappa shape index (κ2) is 23.0. The van der Waals surface area contributed by atoms with E-state index >= 15 is 13.2 Å². The van der Waals surface area contributed by atoms with Crippen LogP contribution in [0.15, 0.2) is 279 Å². The van der Waals surface area contributed by atoms with Gasteiger partial charge in [-0.05, 0) is 78.7 Å². The largest absolute Gasteiger partial charge is 0.416 e. The topological polar surface area (TPSA) is 121 Å². The van der Waals surface area contributed by atoms with Gasteiger partial charge in [0, 0.05) is 72.0 Å². The number of aryl methyl sites for hydroxylation is 1. The third kappa shape index (κ3) is 10.7. The van der Waals surface area contributed by atoms with Gasteiger partial charge in [0.05, 0.1) is 22.3 Å². The van der Waals surface area contributed by atoms with E-state index in [2.05, 4.69) is 22.8 Å². The van der Waals surface area contributed by atoms with E-state index in [1.54, 1.807) is 6.07 Å². The first-order valence-corrected chi connectivity index (χ1v) is 29.3. The van der Waals surface area contributed by atoms with Crippen molar-refractivity contribution < 1.29 is 13.2 Å². The number of hydrogen-bond donors (Lipinski definition) is 0. The van der Waals surface area contributed by atoms with Crippen LogP contribution < -0.4 is 0 Å². The molecule has 0 saturated heterocycles. The molecule has 0 amide bonds. The van der Waals surface area contributed by atoms with Crippen LogP contribution in [-0.4, -0.2) is 49.4 Å². The summed E-state index contributed by atoms with van der Waals surface area (Å²) in [6, 6.07) is 88.4. The van der Waals surface area contributed by atoms with E-state index in [-0.39, 0.29) is 0 Å². The Kier molecular flexibility index (Phi) is 14.0. The predicted molar refractivity (Wildman–Crippen MR) is 350 cm³/mol. The molecule has 4 heterocycles. The first-order valence-electron chi connectivity index (χ1n) is 29.3. The molecule has 0 fully saturated rings. The van der Waals surface area contributed by atoms with Gasteiger partial charge in [0.2, 0.25) is 0 Å². The number of benzene rings is 11. The second-order valence-electron chi connectivity index (χ2n) is 21.8. The molecule has 0 bridgehead atoms. The number of hydrogen-bond acceptors (Lipinski definition) is 9. The monoisotopic (exact) mass is 1170 g/mol. The normalized spacial score (nSPS) is 11.6. The molecular weight excluding hydrogens is 1120 g/mol. The summed E-state index contributed by atoms with van der Waals surface area (Å²) in [5.74, 6) is 4.09. The minimum Gasteiger partial charge on any atom is -0.308 e. The van der Waals surface area contributed by atoms with Crippen LogP contribution in [0.25, 0.3) is 152 Å². The number of aromatic nitrogens is 10. The molecule has 0 saturated carbocycles. The molecule has 0 atom stereocenters. The van der Waals surface area contributed by atoms with Gasteiger partial charge in [-0.3, -0.25) is 0 Å². The van der Waals surface area contributed by atoms with Crippen molar-refractivity contribution in [3.05, 3.63) is 290 Å². The van der Waals surface area contributed by atoms with Gasteiger partial charge in [-0.25, -0.2) is 44.9 Å². The van der Waals surface area contributed by atoms with Crippen molar-refractivity contribution >= 4 is 21.8 Å². The standard InChI is InChI=1S/C77H49F3N10/c1-48-22-20-35-55(42-48)61-46-59(76-88-72(53-31-16-6-17-32-53)83-73(89-76)54-33-18-7-19-34-54)47-62(56-36-21-37-60(43-56)77(78,79)80)67(61)90-65-40-38-57(74-84-68(49-23-8-2-9-24-49)81-69(85-74)50-25-10-3-11-26-50)44-63(65)64-45-58(39-41-66(64)90)75-86-70(51-27-12-4-13-28-51)82-71(87-75)52-29-14-5-15-30-52/h2-47H,1H3. The average Bonchev–Trinajstić information content (AvgIpc) is 1.53. The van der Waals surface area contributed by atoms with E-state index in [9.17, 15) is 0 Å². The van der Waals surface area contributed by atoms with Crippen LogP contribution in [0, 0.1) is 6.92 Å². The Balaban J connectivity index is 1.04. The van der Waals surface area contributed by atoms with Crippen LogP contribution in [0.2, 0.25) is 0 Å². The summed E-state index contributed by atoms with van der Waals surface area (Å²) in [5.41, 5.74) is 11.4. The SMILES string of the molecule is Cc1cccc(-c2cc(-c3nc(-c4ccccc4)nc(-c4ccccc4)n3)cc(-c3cccc(C(F)(F)F)c3)c2-n2c3ccc(-c4nc(-c5ccccc5)nc(-c5ccccc5)n4)cc3c3cc(-c4nc(-c5ccccc5)nc(-c5ccccc5)n4)ccc32)c1. The van der Waals surface area contributed by atoms with Gasteiger partial charge in [0.15, 0.2) is 52.4 Å². The highest BCUT2D eigenvalue weighted by atomic mass is 19.4. The van der Waals surface area contributed by atoms with Crippen LogP contribution in [0.3, 0.4) is 0 Å². The Morgan fingerprint density at radius 2 is 0.544 bits per heavy atom. The van der Waals surface area contributed by atoms with Crippen molar-refractivity contribution in [2.24, 2.45) is 0 Å². The van der Waals surface area contributed by atoms with E-state index in [1.807, 2.05) is 244 Å². The zero-order valence-corrected chi connectivity index (χ0v) is 48.2. The van der Waals surface area contributed by atoms with Crippen molar-refractivity contribution in [1.29, 1.82) is 0 Å². The summed E-state index contributed by atoms with van der Waals surface area (Å²) in [6.07, 6.45) is -4.66. The molecule has 0 N–H and O–H groups in total. The number of nitrogens with zero attached hydrogens (tertiary/aromatic N) is 10. The highest BCUT2D eigenvalue weighted by molar-refractivity contribution is 6.13. The van der Waals surface area contributed by atoms with Crippen LogP contribution in [-0.2, 0) is 6.18 Å². The maximum Gasteiger partial charge on any atom is 0.416 e. The van der Waals surface area contributed by atoms with E-state index in [1.165, 1.54) is 12.1 Å². The Bertz CT molecular complexity index is 4810. The van der Waals surface area contributed by atoms with E-state index in [0.29, 0.717) is 91.5 Å². The molecule has 0 spiro atoms. The smallest absolute Gasteiger partial charge is 0.308 e. The molecule has 0 aliphatic heterocycles. The lowest BCUT2D eigenvalue weighted by atomic mass is 9.91. The molecule has 15 aromatic rings. The number of rotatable bonds is 12. The van der Waals surface area contributed by atoms with Crippen molar-refractivity contribution in [2.45, 2.75) is 13.1 Å². The van der Waals surface area contributed by atoms with Crippen molar-refractivity contribution in [3.8, 4) is 130 Å². The van der Waals surface area contributed by atoms with Gasteiger partial charge >= 0.3 is 6.18 Å². The second-order valence-corrected chi connectivity index (χ2v) is 21.8. The van der Waals surface area contributed by atoms with Gasteiger partial charge in [-0.1, -0.05) is 224 Å². The molecule has 10 nitrogen and oxygen atoms in total. The zero-order chi connectivity index (χ0) is 60.7. The lowest BCUT2D eigenvalue weighted by Gasteiger charge is -2.22. The zero-order valence-electron chi connectivity index (χ0n) is 48.2. The van der Waals surface area contributed by atoms with Crippen LogP contribution >= 0.6 is 0 Å². The van der Waals surface area contributed by atoms with Gasteiger partial charge in [-0.2, -0.15) is 13.2 Å². The van der Waals surface area contributed by atoms with Crippen LogP contribution in [0.4, 0.5) is 13.2 Å². The number of fused-ring (bicyclic) bond motifs is 3. The maximum absolute atomic E-state index is 15.2. The van der Waals surface area contributed by atoms with Gasteiger partial charge in [0.1, 0.15) is 0 Å². The van der Waals surface area contributed by atoms with Crippen molar-refractivity contribution in [3.63, 3.8) is 0 Å². The third-order valence-corrected chi connectivity index (χ3v) is 15.8. The van der Waals surface area contributed by atoms with Gasteiger partial charge < -0.3 is 4.57 Å². The van der Waals surface area contributed by atoms with Gasteiger partial charge in [-0.15, -0.1) is 0 Å². The van der Waals surface area contributed by atoms with Crippen molar-refractivity contribution in [2.75, 3.05) is 0 Å². The molecule has 15 rings (SSSR count). The molecule has 0 radical (unpaired) electrons. The summed E-state index contributed by atoms with van der Waals surface area (Å²) in [5, 5.41) is 1.58. The average molecular weight is 1170 g/mol. The molecule has 90 heavy (non-hydrogen) atoms. The molecule has 4 aromatic heterocycles. The fourth-order valence-corrected chi connectivity index (χ4v) is 11.5. The third-order valence-electron chi connectivity index (χ3n) is 15.8. The Morgan fingerprint density at radius 3 is 0.867 bits per heavy atom. The lowest BCUT2D eigenvalue weighted by molar-refractivity contribution is -0.137. The quantitative estimate of drug-likeness (QED) is 0.118. The Labute approximate surface area is 515 Å². The van der Waals surface area contributed by atoms with Gasteiger partial charge in [0.25, 0.3) is 0 Å². The van der Waals surface area contributed by atoms with Crippen molar-refractivity contribution in [1.82, 2.24) is 49.4 Å². The minimum absolute atomic E-state index is 0.318. The minimum atomic E-state index is -4.66. The highest BCUT2D eigenvalue weighted by Gasteiger charge is 2.32. The van der Waals surface area contributed by atoms with E-state index in [0.717, 1.165) is 72.4 Å². The Morgan fingerprint density at radius 1 is 0.256 bits per heavy atom. The molecule has 11 aromatic carbocycles. The lowest BCUT2D eigenvalue weighted by Crippen LogP contribution is -2.06. The van der Waals surface area contributed by atoms with E-state index < -0.39 is 11.7 Å². The summed E-state index contributed by atoms with van der Waals surface area (Å²) >= 11 is 0. The first-order chi connectivity index (χ1) is 44.1. The highest BCUT2D eigenvalue weighted by Crippen LogP contribution is 2.46. The first kappa shape index (κ1) is 54.7. The summed E-state index contributed by atoms with van der Waals surface area (Å²) in [7, 11) is 0. The fourth-order valence-electron chi connectivity index (χ4n) is 11.5. The van der Waals surface area contributed by atoms with Crippen LogP contribution in [0.5, 0.6) is 0 Å². The summed E-state index contributed by atoms with van der Waals surface area (Å²) < 4.78 is 47.8. The number of alkyl halides is 3. The number of halogens is 3. The molecule has 13 heteroatoms. The molecule has 0 aliphatic rings. The maximum atomic E-state index is 15.2. The molecular formula is C77H49F3N10. The molecule has 0 unspecified atom stereocenters. The Hall–Kier alpha value is -12.0. The molecule has 428 valence electrons. The van der Waals surface area contributed by atoms with Crippen LogP contribution in [0.1, 0.15) is 11.1 Å². The summed E-state index contributed by atoms with van der Waals surface area (Å²) in [6.45, 7) is 2.02. The summed E-state index contributed by atoms with van der Waals surface area (Å²) in [4.78, 5) is 46.0. The van der Waals surface area contributed by atoms with E-state index in [4.69, 9.17) is 44.9 Å². The molecule has 0 aliphatic carbocycles.